The van der Waals surface area contributed by atoms with E-state index in [0.717, 1.165) is 90.4 Å². The molecule has 0 saturated heterocycles. The molecule has 0 atom stereocenters. The van der Waals surface area contributed by atoms with Crippen LogP contribution in [-0.4, -0.2) is 11.3 Å². The largest absolute Gasteiger partial charge is 0.311 e. The monoisotopic (exact) mass is 1070 g/mol. The molecule has 3 heterocycles. The molecule has 1 aromatic heterocycles. The Labute approximate surface area is 490 Å². The Morgan fingerprint density at radius 1 is 0.262 bits per heavy atom. The summed E-state index contributed by atoms with van der Waals surface area (Å²) in [6.07, 6.45) is 0. The number of hydrogen-bond donors (Lipinski definition) is 0. The van der Waals surface area contributed by atoms with Gasteiger partial charge in [0.1, 0.15) is 0 Å². The van der Waals surface area contributed by atoms with Gasteiger partial charge in [-0.25, -0.2) is 0 Å². The number of benzene rings is 13. The van der Waals surface area contributed by atoms with Crippen LogP contribution in [0.25, 0.3) is 49.7 Å². The maximum Gasteiger partial charge on any atom is 0.252 e. The normalized spacial score (nSPS) is 12.2. The first-order valence-corrected chi connectivity index (χ1v) is 28.9. The van der Waals surface area contributed by atoms with E-state index in [0.29, 0.717) is 0 Å². The predicted octanol–water partition coefficient (Wildman–Crippen LogP) is 19.1. The highest BCUT2D eigenvalue weighted by atomic mass is 15.2. The Balaban J connectivity index is 1.05. The lowest BCUT2D eigenvalue weighted by molar-refractivity contribution is 1.18. The van der Waals surface area contributed by atoms with Crippen molar-refractivity contribution in [3.63, 3.8) is 0 Å². The van der Waals surface area contributed by atoms with Gasteiger partial charge in [0.25, 0.3) is 6.71 Å². The molecule has 13 aromatic carbocycles. The first-order chi connectivity index (χ1) is 41.7. The van der Waals surface area contributed by atoms with Gasteiger partial charge in [-0.2, -0.15) is 0 Å². The Bertz CT molecular complexity index is 4630. The van der Waals surface area contributed by atoms with Gasteiger partial charge >= 0.3 is 0 Å². The van der Waals surface area contributed by atoms with Crippen molar-refractivity contribution < 1.29 is 0 Å². The Kier molecular flexibility index (Phi) is 11.9. The molecule has 6 heteroatoms. The second-order valence-electron chi connectivity index (χ2n) is 21.7. The second kappa shape index (κ2) is 20.5. The highest BCUT2D eigenvalue weighted by molar-refractivity contribution is 7.00. The predicted molar refractivity (Wildman–Crippen MR) is 355 cm³/mol. The number of hydrogen-bond acceptors (Lipinski definition) is 4. The molecule has 2 aliphatic heterocycles. The molecule has 5 nitrogen and oxygen atoms in total. The third-order valence-corrected chi connectivity index (χ3v) is 16.9. The number of rotatable bonds is 11. The van der Waals surface area contributed by atoms with Crippen molar-refractivity contribution >= 4 is 113 Å². The number of fused-ring (bicyclic) bond motifs is 8. The lowest BCUT2D eigenvalue weighted by atomic mass is 9.33. The Morgan fingerprint density at radius 3 is 1.31 bits per heavy atom. The minimum Gasteiger partial charge on any atom is -0.311 e. The van der Waals surface area contributed by atoms with Gasteiger partial charge < -0.3 is 24.2 Å². The number of aromatic nitrogens is 1. The zero-order valence-electron chi connectivity index (χ0n) is 46.0. The van der Waals surface area contributed by atoms with Crippen molar-refractivity contribution in [2.45, 2.75) is 0 Å². The minimum atomic E-state index is -0.191. The summed E-state index contributed by atoms with van der Waals surface area (Å²) < 4.78 is 2.46. The second-order valence-corrected chi connectivity index (χ2v) is 21.7. The average Bonchev–Trinajstić information content (AvgIpc) is 1.16. The van der Waals surface area contributed by atoms with Crippen LogP contribution >= 0.6 is 0 Å². The summed E-state index contributed by atoms with van der Waals surface area (Å²) in [6.45, 7) is -0.191. The molecule has 0 radical (unpaired) electrons. The van der Waals surface area contributed by atoms with Crippen LogP contribution in [0.4, 0.5) is 68.2 Å². The van der Waals surface area contributed by atoms with Crippen LogP contribution in [0.15, 0.2) is 328 Å². The molecule has 0 fully saturated rings. The summed E-state index contributed by atoms with van der Waals surface area (Å²) in [5, 5.41) is 2.40. The standard InChI is InChI=1S/C78H54BN5/c1-8-25-55(26-9-1)57-43-45-64(46-44-57)83-73-52-66(80(59-30-12-3-13-31-59)60-32-14-4-15-33-60)47-48-69(73)79-70-49-50-72-76(68-41-22-23-42-71(68)82(72)63-38-20-7-21-39-63)78(70)84(65-40-24-29-58(51-65)56-27-10-2-11-28-56)75-54-67(53-74(83)77(75)79)81(61-34-16-5-17-35-61)62-36-18-6-19-37-62/h1-54H. The molecule has 16 rings (SSSR count). The molecular weight excluding hydrogens is 1020 g/mol. The lowest BCUT2D eigenvalue weighted by Crippen LogP contribution is -2.61. The van der Waals surface area contributed by atoms with Gasteiger partial charge in [-0.15, -0.1) is 0 Å². The SMILES string of the molecule is c1ccc(-c2ccc(N3c4cc(N(c5ccccc5)c5ccccc5)ccc4B4c5ccc6c(c5N(c5cccc(-c7ccccc7)c5)c5cc(N(c7ccccc7)c7ccccc7)cc3c54)c3ccccc3n6-c3ccccc3)cc2)cc1. The maximum atomic E-state index is 2.61. The van der Waals surface area contributed by atoms with E-state index in [-0.39, 0.29) is 6.71 Å². The van der Waals surface area contributed by atoms with Crippen LogP contribution in [0.1, 0.15) is 0 Å². The first kappa shape index (κ1) is 48.8. The molecule has 84 heavy (non-hydrogen) atoms. The van der Waals surface area contributed by atoms with Gasteiger partial charge in [0.15, 0.2) is 0 Å². The van der Waals surface area contributed by atoms with Gasteiger partial charge in [-0.1, -0.05) is 206 Å². The molecule has 394 valence electrons. The fourth-order valence-electron chi connectivity index (χ4n) is 13.3. The molecule has 14 aromatic rings. The van der Waals surface area contributed by atoms with E-state index in [1.54, 1.807) is 0 Å². The molecule has 0 amide bonds. The van der Waals surface area contributed by atoms with Gasteiger partial charge in [-0.3, -0.25) is 0 Å². The summed E-state index contributed by atoms with van der Waals surface area (Å²) in [6, 6.07) is 120. The van der Waals surface area contributed by atoms with E-state index in [4.69, 9.17) is 0 Å². The van der Waals surface area contributed by atoms with E-state index in [9.17, 15) is 0 Å². The molecule has 2 aliphatic rings. The fourth-order valence-corrected chi connectivity index (χ4v) is 13.3. The van der Waals surface area contributed by atoms with Gasteiger partial charge in [-0.05, 0) is 160 Å². The van der Waals surface area contributed by atoms with Crippen LogP contribution in [-0.2, 0) is 0 Å². The van der Waals surface area contributed by atoms with E-state index >= 15 is 0 Å². The minimum absolute atomic E-state index is 0.191. The maximum absolute atomic E-state index is 2.61. The summed E-state index contributed by atoms with van der Waals surface area (Å²) in [5.74, 6) is 0. The summed E-state index contributed by atoms with van der Waals surface area (Å²) >= 11 is 0. The number of nitrogens with zero attached hydrogens (tertiary/aromatic N) is 5. The van der Waals surface area contributed by atoms with Crippen LogP contribution in [0.3, 0.4) is 0 Å². The molecule has 0 unspecified atom stereocenters. The molecule has 0 spiro atoms. The number of anilines is 12. The van der Waals surface area contributed by atoms with Crippen molar-refractivity contribution in [1.29, 1.82) is 0 Å². The third kappa shape index (κ3) is 8.18. The van der Waals surface area contributed by atoms with Crippen molar-refractivity contribution in [1.82, 2.24) is 4.57 Å². The first-order valence-electron chi connectivity index (χ1n) is 28.9. The van der Waals surface area contributed by atoms with Crippen molar-refractivity contribution in [2.75, 3.05) is 19.6 Å². The van der Waals surface area contributed by atoms with E-state index in [2.05, 4.69) is 352 Å². The van der Waals surface area contributed by atoms with Crippen LogP contribution in [0, 0.1) is 0 Å². The average molecular weight is 1070 g/mol. The zero-order valence-corrected chi connectivity index (χ0v) is 46.0. The molecular formula is C78H54BN5. The molecule has 0 N–H and O–H groups in total. The zero-order chi connectivity index (χ0) is 55.5. The van der Waals surface area contributed by atoms with Gasteiger partial charge in [0, 0.05) is 73.3 Å². The van der Waals surface area contributed by atoms with E-state index in [1.807, 2.05) is 0 Å². The molecule has 0 aliphatic carbocycles. The van der Waals surface area contributed by atoms with E-state index in [1.165, 1.54) is 44.0 Å². The van der Waals surface area contributed by atoms with Gasteiger partial charge in [0.05, 0.1) is 22.4 Å². The highest BCUT2D eigenvalue weighted by Crippen LogP contribution is 2.52. The Morgan fingerprint density at radius 2 is 0.714 bits per heavy atom. The fraction of sp³-hybridized carbons (Fsp3) is 0. The lowest BCUT2D eigenvalue weighted by Gasteiger charge is -2.45. The van der Waals surface area contributed by atoms with E-state index < -0.39 is 0 Å². The van der Waals surface area contributed by atoms with Gasteiger partial charge in [0.2, 0.25) is 0 Å². The van der Waals surface area contributed by atoms with Crippen molar-refractivity contribution in [2.24, 2.45) is 0 Å². The Hall–Kier alpha value is -11.1. The quantitative estimate of drug-likeness (QED) is 0.120. The van der Waals surface area contributed by atoms with Crippen molar-refractivity contribution in [3.05, 3.63) is 328 Å². The topological polar surface area (TPSA) is 17.9 Å². The summed E-state index contributed by atoms with van der Waals surface area (Å²) in [5.41, 5.74) is 24.8. The van der Waals surface area contributed by atoms with Crippen molar-refractivity contribution in [3.8, 4) is 27.9 Å². The summed E-state index contributed by atoms with van der Waals surface area (Å²) in [4.78, 5) is 9.98. The third-order valence-electron chi connectivity index (χ3n) is 16.9. The van der Waals surface area contributed by atoms with Crippen LogP contribution in [0.5, 0.6) is 0 Å². The van der Waals surface area contributed by atoms with Crippen LogP contribution in [0.2, 0.25) is 0 Å². The number of para-hydroxylation sites is 6. The summed E-state index contributed by atoms with van der Waals surface area (Å²) in [7, 11) is 0. The highest BCUT2D eigenvalue weighted by Gasteiger charge is 2.45. The van der Waals surface area contributed by atoms with Crippen LogP contribution < -0.4 is 36.0 Å². The molecule has 0 bridgehead atoms. The smallest absolute Gasteiger partial charge is 0.252 e. The molecule has 0 saturated carbocycles.